The van der Waals surface area contributed by atoms with Gasteiger partial charge in [0.15, 0.2) is 6.04 Å². The molecule has 3 unspecified atom stereocenters. The summed E-state index contributed by atoms with van der Waals surface area (Å²) in [6, 6.07) is -1.69. The van der Waals surface area contributed by atoms with E-state index in [2.05, 4.69) is 10.2 Å². The molecule has 104 valence electrons. The minimum atomic E-state index is -1.27. The van der Waals surface area contributed by atoms with Gasteiger partial charge >= 0.3 is 12.0 Å². The fourth-order valence-electron chi connectivity index (χ4n) is 2.05. The lowest BCUT2D eigenvalue weighted by Gasteiger charge is -2.38. The molecule has 1 rings (SSSR count). The number of carbonyl (C=O) groups excluding carboxylic acids is 1. The van der Waals surface area contributed by atoms with Gasteiger partial charge in [-0.05, 0) is 20.9 Å². The largest absolute Gasteiger partial charge is 0.480 e. The molecule has 0 spiro atoms. The number of hydrogen-bond donors (Lipinski definition) is 3. The van der Waals surface area contributed by atoms with Crippen LogP contribution in [0.25, 0.3) is 0 Å². The van der Waals surface area contributed by atoms with Crippen molar-refractivity contribution in [3.8, 4) is 0 Å². The predicted octanol–water partition coefficient (Wildman–Crippen LogP) is -0.834. The van der Waals surface area contributed by atoms with Crippen molar-refractivity contribution in [2.45, 2.75) is 32.0 Å². The van der Waals surface area contributed by atoms with Crippen LogP contribution in [0.3, 0.4) is 0 Å². The van der Waals surface area contributed by atoms with Crippen molar-refractivity contribution in [1.82, 2.24) is 15.1 Å². The Labute approximate surface area is 106 Å². The summed E-state index contributed by atoms with van der Waals surface area (Å²) in [5.74, 6) is -1.24. The van der Waals surface area contributed by atoms with E-state index < -0.39 is 24.1 Å². The number of carbonyl (C=O) groups is 2. The highest BCUT2D eigenvalue weighted by Gasteiger charge is 2.30. The zero-order valence-corrected chi connectivity index (χ0v) is 11.0. The molecule has 7 heteroatoms. The Balaban J connectivity index is 2.61. The first-order valence-corrected chi connectivity index (χ1v) is 5.99. The maximum absolute atomic E-state index is 12.0. The van der Waals surface area contributed by atoms with E-state index in [9.17, 15) is 14.7 Å². The topological polar surface area (TPSA) is 93.1 Å². The highest BCUT2D eigenvalue weighted by molar-refractivity contribution is 5.83. The van der Waals surface area contributed by atoms with Crippen molar-refractivity contribution in [3.63, 3.8) is 0 Å². The molecule has 18 heavy (non-hydrogen) atoms. The van der Waals surface area contributed by atoms with Crippen molar-refractivity contribution < 1.29 is 19.8 Å². The molecule has 0 aromatic carbocycles. The second-order valence-electron chi connectivity index (χ2n) is 4.81. The van der Waals surface area contributed by atoms with Crippen LogP contribution >= 0.6 is 0 Å². The first-order valence-electron chi connectivity index (χ1n) is 5.99. The highest BCUT2D eigenvalue weighted by atomic mass is 16.4. The SMILES string of the molecule is CC(O)C(NC(=O)N1CCN(C)CC1C)C(=O)O. The molecule has 0 aromatic heterocycles. The molecule has 0 bridgehead atoms. The molecule has 1 saturated heterocycles. The molecule has 0 aromatic rings. The van der Waals surface area contributed by atoms with E-state index in [0.29, 0.717) is 6.54 Å². The average molecular weight is 259 g/mol. The maximum Gasteiger partial charge on any atom is 0.328 e. The van der Waals surface area contributed by atoms with Gasteiger partial charge < -0.3 is 25.3 Å². The van der Waals surface area contributed by atoms with Crippen LogP contribution in [0, 0.1) is 0 Å². The van der Waals surface area contributed by atoms with Crippen molar-refractivity contribution in [1.29, 1.82) is 0 Å². The third kappa shape index (κ3) is 3.58. The van der Waals surface area contributed by atoms with Crippen LogP contribution in [-0.2, 0) is 4.79 Å². The van der Waals surface area contributed by atoms with Gasteiger partial charge in [-0.3, -0.25) is 0 Å². The molecule has 1 fully saturated rings. The van der Waals surface area contributed by atoms with Crippen LogP contribution in [0.15, 0.2) is 0 Å². The van der Waals surface area contributed by atoms with E-state index in [0.717, 1.165) is 13.1 Å². The van der Waals surface area contributed by atoms with Gasteiger partial charge in [0.25, 0.3) is 0 Å². The number of urea groups is 1. The summed E-state index contributed by atoms with van der Waals surface area (Å²) in [6.07, 6.45) is -1.13. The fourth-order valence-corrected chi connectivity index (χ4v) is 2.05. The van der Waals surface area contributed by atoms with E-state index in [1.54, 1.807) is 4.90 Å². The minimum Gasteiger partial charge on any atom is -0.480 e. The number of nitrogens with one attached hydrogen (secondary N) is 1. The van der Waals surface area contributed by atoms with Gasteiger partial charge in [0, 0.05) is 25.7 Å². The lowest BCUT2D eigenvalue weighted by atomic mass is 10.2. The fraction of sp³-hybridized carbons (Fsp3) is 0.818. The summed E-state index contributed by atoms with van der Waals surface area (Å²) >= 11 is 0. The molecule has 1 aliphatic heterocycles. The number of aliphatic carboxylic acids is 1. The molecule has 0 saturated carbocycles. The lowest BCUT2D eigenvalue weighted by Crippen LogP contribution is -2.59. The lowest BCUT2D eigenvalue weighted by molar-refractivity contribution is -0.141. The van der Waals surface area contributed by atoms with Crippen molar-refractivity contribution in [2.24, 2.45) is 0 Å². The summed E-state index contributed by atoms with van der Waals surface area (Å²) in [4.78, 5) is 26.6. The number of aliphatic hydroxyl groups excluding tert-OH is 1. The number of hydrogen-bond acceptors (Lipinski definition) is 4. The van der Waals surface area contributed by atoms with Crippen LogP contribution < -0.4 is 5.32 Å². The first kappa shape index (κ1) is 14.7. The Morgan fingerprint density at radius 3 is 2.44 bits per heavy atom. The molecule has 2 amide bonds. The number of nitrogens with zero attached hydrogens (tertiary/aromatic N) is 2. The summed E-state index contributed by atoms with van der Waals surface area (Å²) < 4.78 is 0. The number of rotatable bonds is 3. The molecule has 3 atom stereocenters. The third-order valence-corrected chi connectivity index (χ3v) is 3.12. The maximum atomic E-state index is 12.0. The zero-order chi connectivity index (χ0) is 13.9. The van der Waals surface area contributed by atoms with Gasteiger partial charge in [0.05, 0.1) is 6.10 Å². The van der Waals surface area contributed by atoms with E-state index in [1.807, 2.05) is 14.0 Å². The number of carboxylic acid groups (broad SMARTS) is 1. The van der Waals surface area contributed by atoms with Gasteiger partial charge in [0.1, 0.15) is 0 Å². The van der Waals surface area contributed by atoms with Crippen LogP contribution in [0.1, 0.15) is 13.8 Å². The Morgan fingerprint density at radius 1 is 1.39 bits per heavy atom. The molecule has 0 aliphatic carbocycles. The van der Waals surface area contributed by atoms with Gasteiger partial charge in [-0.2, -0.15) is 0 Å². The summed E-state index contributed by atoms with van der Waals surface area (Å²) in [7, 11) is 1.97. The molecular formula is C11H21N3O4. The highest BCUT2D eigenvalue weighted by Crippen LogP contribution is 2.08. The molecule has 1 aliphatic rings. The molecule has 0 radical (unpaired) electrons. The second-order valence-corrected chi connectivity index (χ2v) is 4.81. The summed E-state index contributed by atoms with van der Waals surface area (Å²) in [5, 5.41) is 20.6. The number of carboxylic acids is 1. The zero-order valence-electron chi connectivity index (χ0n) is 11.0. The van der Waals surface area contributed by atoms with Crippen LogP contribution in [0.5, 0.6) is 0 Å². The van der Waals surface area contributed by atoms with E-state index in [4.69, 9.17) is 5.11 Å². The average Bonchev–Trinajstić information content (AvgIpc) is 2.24. The van der Waals surface area contributed by atoms with Crippen molar-refractivity contribution in [2.75, 3.05) is 26.7 Å². The van der Waals surface area contributed by atoms with Gasteiger partial charge in [-0.1, -0.05) is 0 Å². The van der Waals surface area contributed by atoms with Gasteiger partial charge in [-0.15, -0.1) is 0 Å². The summed E-state index contributed by atoms with van der Waals surface area (Å²) in [5.41, 5.74) is 0. The van der Waals surface area contributed by atoms with E-state index in [-0.39, 0.29) is 6.04 Å². The van der Waals surface area contributed by atoms with Crippen LogP contribution in [0.4, 0.5) is 4.79 Å². The third-order valence-electron chi connectivity index (χ3n) is 3.12. The smallest absolute Gasteiger partial charge is 0.328 e. The normalized spacial score (nSPS) is 24.4. The van der Waals surface area contributed by atoms with Gasteiger partial charge in [-0.25, -0.2) is 9.59 Å². The number of piperazine rings is 1. The predicted molar refractivity (Wildman–Crippen MR) is 65.3 cm³/mol. The van der Waals surface area contributed by atoms with E-state index >= 15 is 0 Å². The minimum absolute atomic E-state index is 0.0205. The molecular weight excluding hydrogens is 238 g/mol. The Morgan fingerprint density at radius 2 is 2.00 bits per heavy atom. The Kier molecular flexibility index (Phi) is 4.92. The monoisotopic (exact) mass is 259 g/mol. The van der Waals surface area contributed by atoms with E-state index in [1.165, 1.54) is 6.92 Å². The molecule has 1 heterocycles. The quantitative estimate of drug-likeness (QED) is 0.615. The summed E-state index contributed by atoms with van der Waals surface area (Å²) in [6.45, 7) is 5.31. The van der Waals surface area contributed by atoms with Crippen LogP contribution in [0.2, 0.25) is 0 Å². The van der Waals surface area contributed by atoms with Crippen LogP contribution in [-0.4, -0.2) is 76.9 Å². The number of amides is 2. The Hall–Kier alpha value is -1.34. The molecule has 3 N–H and O–H groups in total. The number of aliphatic hydroxyl groups is 1. The second kappa shape index (κ2) is 6.01. The molecule has 7 nitrogen and oxygen atoms in total. The number of likely N-dealkylation sites (N-methyl/N-ethyl adjacent to an activating group) is 1. The van der Waals surface area contributed by atoms with Crippen molar-refractivity contribution >= 4 is 12.0 Å². The van der Waals surface area contributed by atoms with Gasteiger partial charge in [0.2, 0.25) is 0 Å². The Bertz CT molecular complexity index is 321. The standard InChI is InChI=1S/C11H21N3O4/c1-7-6-13(3)4-5-14(7)11(18)12-9(8(2)15)10(16)17/h7-9,15H,4-6H2,1-3H3,(H,12,18)(H,16,17). The van der Waals surface area contributed by atoms with Crippen molar-refractivity contribution in [3.05, 3.63) is 0 Å². The first-order chi connectivity index (χ1) is 8.32.